The molecule has 0 radical (unpaired) electrons. The first-order valence-corrected chi connectivity index (χ1v) is 5.70. The van der Waals surface area contributed by atoms with Crippen molar-refractivity contribution in [3.8, 4) is 0 Å². The number of aromatic nitrogens is 1. The first-order chi connectivity index (χ1) is 6.36. The molecule has 66 valence electrons. The Morgan fingerprint density at radius 2 is 2.00 bits per heavy atom. The highest BCUT2D eigenvalue weighted by Gasteiger charge is 2.08. The predicted octanol–water partition coefficient (Wildman–Crippen LogP) is 2.85. The van der Waals surface area contributed by atoms with E-state index in [-0.39, 0.29) is 0 Å². The van der Waals surface area contributed by atoms with Crippen LogP contribution in [0.2, 0.25) is 0 Å². The number of rotatable bonds is 2. The summed E-state index contributed by atoms with van der Waals surface area (Å²) in [7, 11) is 0. The molecule has 1 aromatic carbocycles. The molecule has 13 heavy (non-hydrogen) atoms. The largest absolute Gasteiger partial charge is 0.305 e. The quantitative estimate of drug-likeness (QED) is 0.726. The Morgan fingerprint density at radius 3 is 2.62 bits per heavy atom. The van der Waals surface area contributed by atoms with E-state index in [2.05, 4.69) is 56.3 Å². The number of nitrogens with zero attached hydrogens (tertiary/aromatic N) is 1. The first-order valence-electron chi connectivity index (χ1n) is 4.02. The number of hydrogen-bond acceptors (Lipinski definition) is 1. The topological polar surface area (TPSA) is 3.88 Å². The van der Waals surface area contributed by atoms with Gasteiger partial charge in [0.05, 0.1) is 5.38 Å². The lowest BCUT2D eigenvalue weighted by Gasteiger charge is -1.94. The molecular weight excluding hydrogens is 246 g/mol. The van der Waals surface area contributed by atoms with Crippen molar-refractivity contribution in [3.63, 3.8) is 0 Å². The van der Waals surface area contributed by atoms with Crippen LogP contribution in [-0.4, -0.2) is 0 Å². The van der Waals surface area contributed by atoms with Crippen LogP contribution in [0.5, 0.6) is 0 Å². The van der Waals surface area contributed by atoms with Gasteiger partial charge in [0.15, 0.2) is 12.7 Å². The van der Waals surface area contributed by atoms with Gasteiger partial charge < -0.3 is 0 Å². The van der Waals surface area contributed by atoms with Crippen LogP contribution in [0.4, 0.5) is 0 Å². The molecule has 1 aromatic heterocycles. The normalized spacial score (nSPS) is 10.2. The minimum atomic E-state index is 0.935. The molecule has 0 N–H and O–H groups in total. The van der Waals surface area contributed by atoms with E-state index in [1.54, 1.807) is 11.3 Å². The van der Waals surface area contributed by atoms with Gasteiger partial charge in [0.25, 0.3) is 0 Å². The van der Waals surface area contributed by atoms with Gasteiger partial charge in [0.2, 0.25) is 0 Å². The summed E-state index contributed by atoms with van der Waals surface area (Å²) in [6.07, 6.45) is 2.09. The maximum absolute atomic E-state index is 3.51. The van der Waals surface area contributed by atoms with Gasteiger partial charge in [-0.2, -0.15) is 4.57 Å². The van der Waals surface area contributed by atoms with E-state index in [0.29, 0.717) is 0 Å². The second kappa shape index (κ2) is 4.03. The number of halogens is 1. The first kappa shape index (κ1) is 8.91. The lowest BCUT2D eigenvalue weighted by molar-refractivity contribution is -0.693. The second-order valence-corrected chi connectivity index (χ2v) is 4.94. The van der Waals surface area contributed by atoms with Crippen molar-refractivity contribution in [1.29, 1.82) is 0 Å². The smallest absolute Gasteiger partial charge is 0.179 e. The van der Waals surface area contributed by atoms with Gasteiger partial charge in [-0.25, -0.2) is 0 Å². The average molecular weight is 255 g/mol. The van der Waals surface area contributed by atoms with Crippen LogP contribution in [0.15, 0.2) is 45.8 Å². The molecule has 0 saturated heterocycles. The zero-order valence-electron chi connectivity index (χ0n) is 6.98. The van der Waals surface area contributed by atoms with Gasteiger partial charge in [0.1, 0.15) is 0 Å². The van der Waals surface area contributed by atoms with Crippen LogP contribution in [0.25, 0.3) is 0 Å². The Morgan fingerprint density at radius 1 is 1.23 bits per heavy atom. The summed E-state index contributed by atoms with van der Waals surface area (Å²) in [5.41, 5.74) is 1.33. The van der Waals surface area contributed by atoms with Gasteiger partial charge in [-0.1, -0.05) is 41.7 Å². The van der Waals surface area contributed by atoms with Gasteiger partial charge in [-0.3, -0.25) is 0 Å². The number of benzene rings is 1. The van der Waals surface area contributed by atoms with Crippen molar-refractivity contribution in [2.24, 2.45) is 0 Å². The third-order valence-corrected chi connectivity index (χ3v) is 3.53. The van der Waals surface area contributed by atoms with Gasteiger partial charge in [-0.15, -0.1) is 0 Å². The molecule has 0 aliphatic heterocycles. The fourth-order valence-corrected chi connectivity index (χ4v) is 2.33. The maximum Gasteiger partial charge on any atom is 0.305 e. The van der Waals surface area contributed by atoms with E-state index in [0.717, 1.165) is 10.5 Å². The molecule has 0 aliphatic rings. The molecular formula is C10H9BrNS+. The third-order valence-electron chi connectivity index (χ3n) is 1.83. The zero-order chi connectivity index (χ0) is 9.10. The molecule has 0 aliphatic carbocycles. The Hall–Kier alpha value is -0.670. The predicted molar refractivity (Wildman–Crippen MR) is 57.8 cm³/mol. The standard InChI is InChI=1S/C10H9BrNS/c11-10-12(6-7-13-10)8-9-4-2-1-3-5-9/h1-7H,8H2/q+1. The van der Waals surface area contributed by atoms with Crippen LogP contribution in [0, 0.1) is 0 Å². The SMILES string of the molecule is Brc1scc[n+]1Cc1ccccc1. The molecule has 0 atom stereocenters. The molecule has 2 rings (SSSR count). The van der Waals surface area contributed by atoms with Gasteiger partial charge in [0, 0.05) is 21.5 Å². The fourth-order valence-electron chi connectivity index (χ4n) is 1.18. The lowest BCUT2D eigenvalue weighted by Crippen LogP contribution is -2.32. The molecule has 3 heteroatoms. The summed E-state index contributed by atoms with van der Waals surface area (Å²) < 4.78 is 3.34. The molecule has 0 unspecified atom stereocenters. The minimum Gasteiger partial charge on any atom is -0.179 e. The maximum atomic E-state index is 3.51. The number of thiazole rings is 1. The Bertz CT molecular complexity index is 383. The van der Waals surface area contributed by atoms with Crippen molar-refractivity contribution in [1.82, 2.24) is 0 Å². The molecule has 1 heterocycles. The van der Waals surface area contributed by atoms with Crippen LogP contribution in [-0.2, 0) is 6.54 Å². The van der Waals surface area contributed by atoms with Crippen molar-refractivity contribution < 1.29 is 4.57 Å². The van der Waals surface area contributed by atoms with Gasteiger partial charge >= 0.3 is 3.92 Å². The fraction of sp³-hybridized carbons (Fsp3) is 0.100. The van der Waals surface area contributed by atoms with E-state index in [9.17, 15) is 0 Å². The zero-order valence-corrected chi connectivity index (χ0v) is 9.38. The molecule has 0 fully saturated rings. The van der Waals surface area contributed by atoms with Crippen LogP contribution in [0.3, 0.4) is 0 Å². The van der Waals surface area contributed by atoms with Crippen molar-refractivity contribution in [2.45, 2.75) is 6.54 Å². The Kier molecular flexibility index (Phi) is 2.76. The summed E-state index contributed by atoms with van der Waals surface area (Å²) in [6, 6.07) is 10.4. The molecule has 0 bridgehead atoms. The van der Waals surface area contributed by atoms with E-state index < -0.39 is 0 Å². The van der Waals surface area contributed by atoms with E-state index in [1.165, 1.54) is 5.56 Å². The summed E-state index contributed by atoms with van der Waals surface area (Å²) in [6.45, 7) is 0.935. The van der Waals surface area contributed by atoms with E-state index in [4.69, 9.17) is 0 Å². The molecule has 0 amide bonds. The third kappa shape index (κ3) is 2.17. The van der Waals surface area contributed by atoms with Crippen LogP contribution < -0.4 is 4.57 Å². The van der Waals surface area contributed by atoms with Gasteiger partial charge in [-0.05, 0) is 0 Å². The average Bonchev–Trinajstić information content (AvgIpc) is 2.54. The summed E-state index contributed by atoms with van der Waals surface area (Å²) in [5.74, 6) is 0. The number of hydrogen-bond donors (Lipinski definition) is 0. The highest BCUT2D eigenvalue weighted by Crippen LogP contribution is 2.11. The molecule has 1 nitrogen and oxygen atoms in total. The second-order valence-electron chi connectivity index (χ2n) is 2.77. The highest BCUT2D eigenvalue weighted by atomic mass is 79.9. The minimum absolute atomic E-state index is 0.935. The lowest BCUT2D eigenvalue weighted by atomic mass is 10.2. The Balaban J connectivity index is 2.20. The molecule has 0 saturated carbocycles. The molecule has 0 spiro atoms. The summed E-state index contributed by atoms with van der Waals surface area (Å²) in [5, 5.41) is 2.08. The van der Waals surface area contributed by atoms with E-state index in [1.807, 2.05) is 6.07 Å². The van der Waals surface area contributed by atoms with Crippen LogP contribution >= 0.6 is 27.3 Å². The van der Waals surface area contributed by atoms with E-state index >= 15 is 0 Å². The van der Waals surface area contributed by atoms with Crippen molar-refractivity contribution >= 4 is 27.3 Å². The summed E-state index contributed by atoms with van der Waals surface area (Å²) >= 11 is 5.21. The highest BCUT2D eigenvalue weighted by molar-refractivity contribution is 9.11. The monoisotopic (exact) mass is 254 g/mol. The summed E-state index contributed by atoms with van der Waals surface area (Å²) in [4.78, 5) is 0. The molecule has 2 aromatic rings. The van der Waals surface area contributed by atoms with Crippen molar-refractivity contribution in [3.05, 3.63) is 51.4 Å². The Labute approximate surface area is 89.8 Å². The van der Waals surface area contributed by atoms with Crippen molar-refractivity contribution in [2.75, 3.05) is 0 Å². The van der Waals surface area contributed by atoms with Crippen LogP contribution in [0.1, 0.15) is 5.56 Å².